The highest BCUT2D eigenvalue weighted by molar-refractivity contribution is 6.17. The number of alkyl halides is 1. The summed E-state index contributed by atoms with van der Waals surface area (Å²) in [5, 5.41) is 0. The second kappa shape index (κ2) is 7.13. The summed E-state index contributed by atoms with van der Waals surface area (Å²) in [4.78, 5) is 12.7. The van der Waals surface area contributed by atoms with Crippen LogP contribution in [0.5, 0.6) is 5.75 Å². The largest absolute Gasteiger partial charge is 0.497 e. The fourth-order valence-electron chi connectivity index (χ4n) is 3.35. The fourth-order valence-corrected chi connectivity index (χ4v) is 3.54. The lowest BCUT2D eigenvalue weighted by Gasteiger charge is -2.37. The number of ether oxygens (including phenoxy) is 1. The summed E-state index contributed by atoms with van der Waals surface area (Å²) >= 11 is 5.80. The molecule has 0 N–H and O–H groups in total. The molecule has 1 aromatic rings. The van der Waals surface area contributed by atoms with E-state index in [1.54, 1.807) is 7.11 Å². The second-order valence-corrected chi connectivity index (χ2v) is 6.05. The molecular formula is C18H23ClO2. The number of hydrogen-bond donors (Lipinski definition) is 0. The maximum absolute atomic E-state index is 12.7. The fraction of sp³-hybridized carbons (Fsp3) is 0.500. The lowest BCUT2D eigenvalue weighted by molar-refractivity contribution is -0.125. The Morgan fingerprint density at radius 2 is 2.19 bits per heavy atom. The van der Waals surface area contributed by atoms with Crippen LogP contribution < -0.4 is 4.74 Å². The first-order valence-electron chi connectivity index (χ1n) is 7.55. The van der Waals surface area contributed by atoms with Gasteiger partial charge in [-0.05, 0) is 48.9 Å². The third kappa shape index (κ3) is 3.16. The number of methoxy groups -OCH3 is 1. The SMILES string of the molecule is C=CCC1(CCCCCl)C(=O)CCc2ccc(OC)cc21. The molecule has 0 heterocycles. The molecule has 1 aromatic carbocycles. The van der Waals surface area contributed by atoms with E-state index in [1.165, 1.54) is 5.56 Å². The van der Waals surface area contributed by atoms with E-state index >= 15 is 0 Å². The van der Waals surface area contributed by atoms with Gasteiger partial charge < -0.3 is 4.74 Å². The van der Waals surface area contributed by atoms with Crippen LogP contribution in [0.1, 0.15) is 43.2 Å². The minimum Gasteiger partial charge on any atom is -0.497 e. The first-order chi connectivity index (χ1) is 10.2. The van der Waals surface area contributed by atoms with Gasteiger partial charge in [0.05, 0.1) is 12.5 Å². The van der Waals surface area contributed by atoms with Crippen molar-refractivity contribution in [1.29, 1.82) is 0 Å². The molecule has 0 aromatic heterocycles. The van der Waals surface area contributed by atoms with Crippen molar-refractivity contribution < 1.29 is 9.53 Å². The Morgan fingerprint density at radius 3 is 2.86 bits per heavy atom. The summed E-state index contributed by atoms with van der Waals surface area (Å²) in [6.07, 6.45) is 6.74. The maximum atomic E-state index is 12.7. The molecule has 2 nitrogen and oxygen atoms in total. The number of benzene rings is 1. The van der Waals surface area contributed by atoms with Crippen LogP contribution in [0, 0.1) is 0 Å². The predicted octanol–water partition coefficient (Wildman–Crippen LogP) is 4.43. The summed E-state index contributed by atoms with van der Waals surface area (Å²) in [5.74, 6) is 1.79. The molecule has 3 heteroatoms. The lowest BCUT2D eigenvalue weighted by atomic mass is 9.64. The molecular weight excluding hydrogens is 284 g/mol. The van der Waals surface area contributed by atoms with Gasteiger partial charge in [0, 0.05) is 12.3 Å². The standard InChI is InChI=1S/C18H23ClO2/c1-3-10-18(11-4-5-12-19)16-13-15(21-2)8-6-14(16)7-9-17(18)20/h3,6,8,13H,1,4-5,7,9-12H2,2H3. The van der Waals surface area contributed by atoms with Gasteiger partial charge in [0.1, 0.15) is 11.5 Å². The molecule has 1 aliphatic carbocycles. The molecule has 0 bridgehead atoms. The molecule has 1 unspecified atom stereocenters. The highest BCUT2D eigenvalue weighted by atomic mass is 35.5. The van der Waals surface area contributed by atoms with Gasteiger partial charge in [0.2, 0.25) is 0 Å². The van der Waals surface area contributed by atoms with Crippen LogP contribution in [0.3, 0.4) is 0 Å². The summed E-state index contributed by atoms with van der Waals surface area (Å²) in [5.41, 5.74) is 1.96. The second-order valence-electron chi connectivity index (χ2n) is 5.67. The third-order valence-corrected chi connectivity index (χ3v) is 4.74. The molecule has 0 aliphatic heterocycles. The lowest BCUT2D eigenvalue weighted by Crippen LogP contribution is -2.40. The average Bonchev–Trinajstić information content (AvgIpc) is 2.51. The van der Waals surface area contributed by atoms with E-state index in [4.69, 9.17) is 16.3 Å². The number of halogens is 1. The van der Waals surface area contributed by atoms with Crippen molar-refractivity contribution in [3.05, 3.63) is 42.0 Å². The molecule has 0 spiro atoms. The van der Waals surface area contributed by atoms with Crippen LogP contribution in [0.4, 0.5) is 0 Å². The van der Waals surface area contributed by atoms with E-state index in [-0.39, 0.29) is 0 Å². The van der Waals surface area contributed by atoms with Crippen LogP contribution >= 0.6 is 11.6 Å². The first-order valence-corrected chi connectivity index (χ1v) is 8.09. The number of fused-ring (bicyclic) bond motifs is 1. The minimum absolute atomic E-state index is 0.331. The zero-order valence-corrected chi connectivity index (χ0v) is 13.4. The number of carbonyl (C=O) groups is 1. The quantitative estimate of drug-likeness (QED) is 0.423. The van der Waals surface area contributed by atoms with Crippen molar-refractivity contribution in [1.82, 2.24) is 0 Å². The van der Waals surface area contributed by atoms with Gasteiger partial charge >= 0.3 is 0 Å². The zero-order chi connectivity index (χ0) is 15.3. The van der Waals surface area contributed by atoms with Crippen LogP contribution in [0.2, 0.25) is 0 Å². The number of aryl methyl sites for hydroxylation is 1. The van der Waals surface area contributed by atoms with Crippen LogP contribution in [0.15, 0.2) is 30.9 Å². The van der Waals surface area contributed by atoms with Crippen molar-refractivity contribution >= 4 is 17.4 Å². The average molecular weight is 307 g/mol. The topological polar surface area (TPSA) is 26.3 Å². The Hall–Kier alpha value is -1.28. The molecule has 21 heavy (non-hydrogen) atoms. The van der Waals surface area contributed by atoms with Gasteiger partial charge in [-0.1, -0.05) is 18.6 Å². The first kappa shape index (κ1) is 16.1. The third-order valence-electron chi connectivity index (χ3n) is 4.47. The number of rotatable bonds is 7. The van der Waals surface area contributed by atoms with Crippen molar-refractivity contribution in [3.8, 4) is 5.75 Å². The van der Waals surface area contributed by atoms with Crippen LogP contribution in [-0.4, -0.2) is 18.8 Å². The molecule has 0 saturated heterocycles. The van der Waals surface area contributed by atoms with E-state index in [0.717, 1.165) is 37.0 Å². The Morgan fingerprint density at radius 1 is 1.38 bits per heavy atom. The van der Waals surface area contributed by atoms with E-state index in [1.807, 2.05) is 18.2 Å². The van der Waals surface area contributed by atoms with E-state index in [2.05, 4.69) is 12.6 Å². The summed E-state index contributed by atoms with van der Waals surface area (Å²) in [6.45, 7) is 3.87. The normalized spacial score (nSPS) is 21.0. The van der Waals surface area contributed by atoms with Gasteiger partial charge in [-0.2, -0.15) is 0 Å². The number of carbonyl (C=O) groups excluding carboxylic acids is 1. The highest BCUT2D eigenvalue weighted by Gasteiger charge is 2.42. The van der Waals surface area contributed by atoms with Gasteiger partial charge in [-0.15, -0.1) is 18.2 Å². The molecule has 114 valence electrons. The summed E-state index contributed by atoms with van der Waals surface area (Å²) in [6, 6.07) is 6.11. The van der Waals surface area contributed by atoms with Crippen molar-refractivity contribution in [2.24, 2.45) is 0 Å². The number of unbranched alkanes of at least 4 members (excludes halogenated alkanes) is 1. The summed E-state index contributed by atoms with van der Waals surface area (Å²) in [7, 11) is 1.66. The van der Waals surface area contributed by atoms with Crippen molar-refractivity contribution in [2.75, 3.05) is 13.0 Å². The zero-order valence-electron chi connectivity index (χ0n) is 12.7. The monoisotopic (exact) mass is 306 g/mol. The number of Topliss-reactive ketones (excluding diaryl/α,β-unsaturated/α-hetero) is 1. The molecule has 0 radical (unpaired) electrons. The number of ketones is 1. The Labute approximate surface area is 132 Å². The van der Waals surface area contributed by atoms with Crippen molar-refractivity contribution in [3.63, 3.8) is 0 Å². The summed E-state index contributed by atoms with van der Waals surface area (Å²) < 4.78 is 5.35. The molecule has 0 amide bonds. The molecule has 2 rings (SSSR count). The Bertz CT molecular complexity index is 524. The van der Waals surface area contributed by atoms with Gasteiger partial charge in [-0.3, -0.25) is 4.79 Å². The van der Waals surface area contributed by atoms with Gasteiger partial charge in [0.15, 0.2) is 0 Å². The van der Waals surface area contributed by atoms with Gasteiger partial charge in [0.25, 0.3) is 0 Å². The maximum Gasteiger partial charge on any atom is 0.144 e. The van der Waals surface area contributed by atoms with Crippen LogP contribution in [0.25, 0.3) is 0 Å². The minimum atomic E-state index is -0.435. The Balaban J connectivity index is 2.46. The molecule has 1 atom stereocenters. The predicted molar refractivity (Wildman–Crippen MR) is 87.4 cm³/mol. The molecule has 0 fully saturated rings. The number of hydrogen-bond acceptors (Lipinski definition) is 2. The number of allylic oxidation sites excluding steroid dienone is 1. The smallest absolute Gasteiger partial charge is 0.144 e. The van der Waals surface area contributed by atoms with Crippen LogP contribution in [-0.2, 0) is 16.6 Å². The highest BCUT2D eigenvalue weighted by Crippen LogP contribution is 2.43. The van der Waals surface area contributed by atoms with E-state index in [9.17, 15) is 4.79 Å². The van der Waals surface area contributed by atoms with Gasteiger partial charge in [-0.25, -0.2) is 0 Å². The Kier molecular flexibility index (Phi) is 5.46. The van der Waals surface area contributed by atoms with E-state index in [0.29, 0.717) is 24.5 Å². The van der Waals surface area contributed by atoms with Crippen molar-refractivity contribution in [2.45, 2.75) is 43.9 Å². The molecule has 0 saturated carbocycles. The molecule has 1 aliphatic rings. The van der Waals surface area contributed by atoms with E-state index < -0.39 is 5.41 Å².